The smallest absolute Gasteiger partial charge is 0.337 e. The summed E-state index contributed by atoms with van der Waals surface area (Å²) in [5, 5.41) is 2.48. The van der Waals surface area contributed by atoms with Crippen molar-refractivity contribution in [3.8, 4) is 0 Å². The van der Waals surface area contributed by atoms with Gasteiger partial charge in [-0.2, -0.15) is 0 Å². The molecule has 2 atom stereocenters. The predicted octanol–water partition coefficient (Wildman–Crippen LogP) is 6.14. The average Bonchev–Trinajstić information content (AvgIpc) is 3.24. The second kappa shape index (κ2) is 10.7. The third-order valence-electron chi connectivity index (χ3n) is 6.52. The Morgan fingerprint density at radius 3 is 1.94 bits per heavy atom. The molecule has 35 heavy (non-hydrogen) atoms. The Morgan fingerprint density at radius 2 is 1.49 bits per heavy atom. The first-order chi connectivity index (χ1) is 16.3. The molecule has 0 bridgehead atoms. The summed E-state index contributed by atoms with van der Waals surface area (Å²) < 4.78 is 19.0. The molecule has 0 radical (unpaired) electrons. The van der Waals surface area contributed by atoms with Crippen molar-refractivity contribution in [1.29, 1.82) is 0 Å². The van der Waals surface area contributed by atoms with Gasteiger partial charge in [-0.15, -0.1) is 0 Å². The van der Waals surface area contributed by atoms with Crippen molar-refractivity contribution in [2.75, 3.05) is 0 Å². The first-order valence-electron chi connectivity index (χ1n) is 12.7. The van der Waals surface area contributed by atoms with Crippen LogP contribution in [0.2, 0.25) is 5.04 Å². The predicted molar refractivity (Wildman–Crippen MR) is 145 cm³/mol. The van der Waals surface area contributed by atoms with Gasteiger partial charge < -0.3 is 13.9 Å². The van der Waals surface area contributed by atoms with E-state index >= 15 is 0 Å². The van der Waals surface area contributed by atoms with Crippen LogP contribution >= 0.6 is 0 Å². The number of allylic oxidation sites excluding steroid dienone is 1. The molecule has 2 unspecified atom stereocenters. The van der Waals surface area contributed by atoms with Gasteiger partial charge in [-0.1, -0.05) is 81.4 Å². The molecule has 2 aromatic rings. The molecule has 1 heterocycles. The summed E-state index contributed by atoms with van der Waals surface area (Å²) in [7, 11) is -2.61. The molecular formula is C30H42O4Si. The number of hydrogen-bond donors (Lipinski definition) is 0. The van der Waals surface area contributed by atoms with Crippen LogP contribution < -0.4 is 10.4 Å². The normalized spacial score (nSPS) is 19.1. The lowest BCUT2D eigenvalue weighted by Crippen LogP contribution is -2.67. The van der Waals surface area contributed by atoms with Crippen LogP contribution in [0, 0.1) is 0 Å². The molecule has 0 saturated carbocycles. The SMILES string of the molecule is C/C(C(=O)OC(C)(C)C)=C1\CCC(CC(C)O[Si](c2ccccc2)(c2ccccc2)C(C)(C)C)O1. The van der Waals surface area contributed by atoms with E-state index in [9.17, 15) is 4.79 Å². The largest absolute Gasteiger partial charge is 0.494 e. The standard InChI is InChI=1S/C30H42O4Si/c1-22(21-24-19-20-27(32-24)23(2)28(31)33-29(3,4)5)34-35(30(6,7)8,25-15-11-9-12-16-25)26-17-13-10-14-18-26/h9-18,22,24H,19-21H2,1-8H3/b27-23-. The van der Waals surface area contributed by atoms with Crippen molar-refractivity contribution in [2.45, 2.75) is 97.5 Å². The molecule has 2 aromatic carbocycles. The van der Waals surface area contributed by atoms with E-state index in [0.29, 0.717) is 5.57 Å². The Kier molecular flexibility index (Phi) is 8.33. The Hall–Kier alpha value is -2.37. The highest BCUT2D eigenvalue weighted by Crippen LogP contribution is 2.38. The molecule has 3 rings (SSSR count). The molecule has 0 spiro atoms. The summed E-state index contributed by atoms with van der Waals surface area (Å²) in [6.07, 6.45) is 2.42. The topological polar surface area (TPSA) is 44.8 Å². The van der Waals surface area contributed by atoms with Crippen molar-refractivity contribution in [1.82, 2.24) is 0 Å². The Balaban J connectivity index is 1.83. The summed E-state index contributed by atoms with van der Waals surface area (Å²) in [6.45, 7) is 16.5. The summed E-state index contributed by atoms with van der Waals surface area (Å²) in [6, 6.07) is 21.4. The van der Waals surface area contributed by atoms with E-state index < -0.39 is 13.9 Å². The van der Waals surface area contributed by atoms with Crippen LogP contribution in [0.1, 0.15) is 74.7 Å². The Labute approximate surface area is 212 Å². The molecule has 0 amide bonds. The number of carbonyl (C=O) groups excluding carboxylic acids is 1. The van der Waals surface area contributed by atoms with Gasteiger partial charge in [0.05, 0.1) is 5.57 Å². The lowest BCUT2D eigenvalue weighted by atomic mass is 10.1. The van der Waals surface area contributed by atoms with E-state index in [4.69, 9.17) is 13.9 Å². The van der Waals surface area contributed by atoms with Gasteiger partial charge in [0, 0.05) is 18.9 Å². The maximum atomic E-state index is 12.5. The zero-order valence-electron chi connectivity index (χ0n) is 22.7. The van der Waals surface area contributed by atoms with Crippen molar-refractivity contribution < 1.29 is 18.7 Å². The molecular weight excluding hydrogens is 452 g/mol. The minimum absolute atomic E-state index is 0.00696. The molecule has 190 valence electrons. The number of ether oxygens (including phenoxy) is 2. The fourth-order valence-corrected chi connectivity index (χ4v) is 9.65. The fourth-order valence-electron chi connectivity index (χ4n) is 4.93. The summed E-state index contributed by atoms with van der Waals surface area (Å²) in [5.74, 6) is 0.451. The highest BCUT2D eigenvalue weighted by Gasteiger charge is 2.51. The van der Waals surface area contributed by atoms with E-state index in [1.165, 1.54) is 10.4 Å². The van der Waals surface area contributed by atoms with Crippen LogP contribution in [0.5, 0.6) is 0 Å². The number of benzene rings is 2. The quantitative estimate of drug-likeness (QED) is 0.264. The Morgan fingerprint density at radius 1 is 0.971 bits per heavy atom. The van der Waals surface area contributed by atoms with Crippen LogP contribution in [0.3, 0.4) is 0 Å². The van der Waals surface area contributed by atoms with Gasteiger partial charge >= 0.3 is 5.97 Å². The number of carbonyl (C=O) groups is 1. The number of esters is 1. The van der Waals surface area contributed by atoms with Gasteiger partial charge in [0.1, 0.15) is 17.5 Å². The highest BCUT2D eigenvalue weighted by atomic mass is 28.4. The molecule has 0 aliphatic carbocycles. The molecule has 5 heteroatoms. The highest BCUT2D eigenvalue weighted by molar-refractivity contribution is 6.99. The van der Waals surface area contributed by atoms with E-state index in [2.05, 4.69) is 88.4 Å². The zero-order valence-corrected chi connectivity index (χ0v) is 23.7. The maximum absolute atomic E-state index is 12.5. The maximum Gasteiger partial charge on any atom is 0.337 e. The summed E-state index contributed by atoms with van der Waals surface area (Å²) >= 11 is 0. The second-order valence-corrected chi connectivity index (χ2v) is 15.9. The van der Waals surface area contributed by atoms with Crippen molar-refractivity contribution in [3.05, 3.63) is 72.0 Å². The van der Waals surface area contributed by atoms with Gasteiger partial charge in [0.25, 0.3) is 8.32 Å². The first kappa shape index (κ1) is 27.2. The van der Waals surface area contributed by atoms with E-state index in [0.717, 1.165) is 25.0 Å². The number of hydrogen-bond acceptors (Lipinski definition) is 4. The summed E-state index contributed by atoms with van der Waals surface area (Å²) in [5.41, 5.74) is 0.0534. The lowest BCUT2D eigenvalue weighted by molar-refractivity contribution is -0.150. The van der Waals surface area contributed by atoms with Gasteiger partial charge in [0.2, 0.25) is 0 Å². The van der Waals surface area contributed by atoms with Gasteiger partial charge in [0.15, 0.2) is 0 Å². The van der Waals surface area contributed by atoms with Crippen LogP contribution in [0.25, 0.3) is 0 Å². The van der Waals surface area contributed by atoms with Gasteiger partial charge in [-0.05, 0) is 56.5 Å². The number of rotatable bonds is 7. The second-order valence-electron chi connectivity index (χ2n) is 11.7. The molecule has 0 aromatic heterocycles. The van der Waals surface area contributed by atoms with E-state index in [1.807, 2.05) is 20.8 Å². The lowest BCUT2D eigenvalue weighted by Gasteiger charge is -2.45. The van der Waals surface area contributed by atoms with E-state index in [-0.39, 0.29) is 23.2 Å². The minimum Gasteiger partial charge on any atom is -0.494 e. The van der Waals surface area contributed by atoms with Crippen LogP contribution in [-0.4, -0.2) is 32.1 Å². The minimum atomic E-state index is -2.61. The summed E-state index contributed by atoms with van der Waals surface area (Å²) in [4.78, 5) is 12.5. The first-order valence-corrected chi connectivity index (χ1v) is 14.6. The molecule has 1 aliphatic rings. The third kappa shape index (κ3) is 6.45. The monoisotopic (exact) mass is 494 g/mol. The average molecular weight is 495 g/mol. The van der Waals surface area contributed by atoms with E-state index in [1.54, 1.807) is 6.92 Å². The molecule has 0 N–H and O–H groups in total. The van der Waals surface area contributed by atoms with Crippen LogP contribution in [0.15, 0.2) is 72.0 Å². The van der Waals surface area contributed by atoms with Crippen LogP contribution in [0.4, 0.5) is 0 Å². The van der Waals surface area contributed by atoms with Gasteiger partial charge in [-0.3, -0.25) is 0 Å². The van der Waals surface area contributed by atoms with Crippen molar-refractivity contribution >= 4 is 24.7 Å². The third-order valence-corrected chi connectivity index (χ3v) is 11.7. The molecule has 1 aliphatic heterocycles. The molecule has 1 fully saturated rings. The van der Waals surface area contributed by atoms with Gasteiger partial charge in [-0.25, -0.2) is 4.79 Å². The van der Waals surface area contributed by atoms with Crippen molar-refractivity contribution in [2.24, 2.45) is 0 Å². The zero-order chi connectivity index (χ0) is 25.9. The molecule has 1 saturated heterocycles. The Bertz CT molecular complexity index is 976. The fraction of sp³-hybridized carbons (Fsp3) is 0.500. The van der Waals surface area contributed by atoms with Crippen LogP contribution in [-0.2, 0) is 18.7 Å². The van der Waals surface area contributed by atoms with Crippen molar-refractivity contribution in [3.63, 3.8) is 0 Å². The molecule has 4 nitrogen and oxygen atoms in total.